The van der Waals surface area contributed by atoms with Crippen LogP contribution in [0, 0.1) is 0 Å². The molecule has 0 aliphatic heterocycles. The van der Waals surface area contributed by atoms with Crippen molar-refractivity contribution >= 4 is 35.1 Å². The summed E-state index contributed by atoms with van der Waals surface area (Å²) in [6.45, 7) is 2.38. The van der Waals surface area contributed by atoms with E-state index in [9.17, 15) is 9.59 Å². The summed E-state index contributed by atoms with van der Waals surface area (Å²) in [6.07, 6.45) is 2.51. The number of amides is 2. The smallest absolute Gasteiger partial charge is 0.355 e. The predicted octanol–water partition coefficient (Wildman–Crippen LogP) is 1.43. The molecule has 1 rings (SSSR count). The van der Waals surface area contributed by atoms with Crippen molar-refractivity contribution in [2.45, 2.75) is 19.4 Å². The van der Waals surface area contributed by atoms with Crippen molar-refractivity contribution in [2.24, 2.45) is 0 Å². The number of hydrogen-bond donors (Lipinski definition) is 3. The summed E-state index contributed by atoms with van der Waals surface area (Å²) in [5, 5.41) is 16.5. The van der Waals surface area contributed by atoms with Gasteiger partial charge < -0.3 is 15.7 Å². The second-order valence-electron chi connectivity index (χ2n) is 3.94. The maximum absolute atomic E-state index is 11.5. The van der Waals surface area contributed by atoms with Gasteiger partial charge in [0.2, 0.25) is 0 Å². The fraction of sp³-hybridized carbons (Fsp3) is 0.545. The van der Waals surface area contributed by atoms with Gasteiger partial charge in [0.05, 0.1) is 5.01 Å². The molecule has 0 aromatic carbocycles. The van der Waals surface area contributed by atoms with E-state index in [2.05, 4.69) is 15.6 Å². The number of thiazole rings is 1. The lowest BCUT2D eigenvalue weighted by Gasteiger charge is -2.12. The van der Waals surface area contributed by atoms with Crippen molar-refractivity contribution in [1.29, 1.82) is 0 Å². The highest BCUT2D eigenvalue weighted by Gasteiger charge is 2.09. The molecule has 0 radical (unpaired) electrons. The highest BCUT2D eigenvalue weighted by molar-refractivity contribution is 7.98. The van der Waals surface area contributed by atoms with Crippen LogP contribution >= 0.6 is 23.1 Å². The second kappa shape index (κ2) is 8.00. The van der Waals surface area contributed by atoms with Crippen molar-refractivity contribution in [3.63, 3.8) is 0 Å². The normalized spacial score (nSPS) is 11.9. The first-order chi connectivity index (χ1) is 9.02. The molecular weight excluding hydrogens is 286 g/mol. The fourth-order valence-corrected chi connectivity index (χ4v) is 2.73. The lowest BCUT2D eigenvalue weighted by atomic mass is 10.4. The van der Waals surface area contributed by atoms with Gasteiger partial charge in [-0.15, -0.1) is 11.3 Å². The Bertz CT molecular complexity index is 437. The summed E-state index contributed by atoms with van der Waals surface area (Å²) < 4.78 is 0. The molecule has 0 bridgehead atoms. The molecule has 8 heteroatoms. The molecule has 106 valence electrons. The third-order valence-electron chi connectivity index (χ3n) is 2.19. The van der Waals surface area contributed by atoms with Crippen LogP contribution in [0.4, 0.5) is 4.79 Å². The lowest BCUT2D eigenvalue weighted by molar-refractivity contribution is 0.0691. The van der Waals surface area contributed by atoms with E-state index in [1.807, 2.05) is 13.2 Å². The molecule has 3 N–H and O–H groups in total. The minimum Gasteiger partial charge on any atom is -0.476 e. The predicted molar refractivity (Wildman–Crippen MR) is 77.2 cm³/mol. The van der Waals surface area contributed by atoms with E-state index in [0.29, 0.717) is 18.0 Å². The zero-order valence-electron chi connectivity index (χ0n) is 10.8. The number of carboxylic acids is 1. The summed E-state index contributed by atoms with van der Waals surface area (Å²) in [6, 6.07) is -0.0926. The number of aromatic nitrogens is 1. The van der Waals surface area contributed by atoms with E-state index in [0.717, 1.165) is 5.75 Å². The van der Waals surface area contributed by atoms with Gasteiger partial charge in [0.25, 0.3) is 0 Å². The van der Waals surface area contributed by atoms with E-state index in [4.69, 9.17) is 5.11 Å². The molecule has 19 heavy (non-hydrogen) atoms. The topological polar surface area (TPSA) is 91.3 Å². The molecule has 0 aliphatic rings. The Kier molecular flexibility index (Phi) is 6.65. The SMILES string of the molecule is CSCC(C)NC(=O)NCCc1nc(C(=O)O)cs1. The summed E-state index contributed by atoms with van der Waals surface area (Å²) >= 11 is 2.96. The van der Waals surface area contributed by atoms with Gasteiger partial charge in [0.1, 0.15) is 0 Å². The Morgan fingerprint density at radius 3 is 2.89 bits per heavy atom. The van der Waals surface area contributed by atoms with Gasteiger partial charge in [-0.3, -0.25) is 0 Å². The Morgan fingerprint density at radius 2 is 2.32 bits per heavy atom. The standard InChI is InChI=1S/C11H17N3O3S2/c1-7(5-18-2)13-11(17)12-4-3-9-14-8(6-19-9)10(15)16/h6-7H,3-5H2,1-2H3,(H,15,16)(H2,12,13,17). The molecule has 0 saturated heterocycles. The molecule has 0 spiro atoms. The zero-order valence-corrected chi connectivity index (χ0v) is 12.4. The van der Waals surface area contributed by atoms with Crippen LogP contribution in [0.2, 0.25) is 0 Å². The molecular formula is C11H17N3O3S2. The van der Waals surface area contributed by atoms with Crippen LogP contribution < -0.4 is 10.6 Å². The van der Waals surface area contributed by atoms with Crippen LogP contribution in [-0.4, -0.2) is 46.7 Å². The van der Waals surface area contributed by atoms with E-state index in [-0.39, 0.29) is 17.8 Å². The molecule has 1 aromatic rings. The second-order valence-corrected chi connectivity index (χ2v) is 5.79. The molecule has 1 heterocycles. The van der Waals surface area contributed by atoms with Gasteiger partial charge in [-0.25, -0.2) is 14.6 Å². The number of nitrogens with zero attached hydrogens (tertiary/aromatic N) is 1. The first kappa shape index (κ1) is 15.8. The van der Waals surface area contributed by atoms with Gasteiger partial charge in [0.15, 0.2) is 5.69 Å². The first-order valence-electron chi connectivity index (χ1n) is 5.74. The maximum Gasteiger partial charge on any atom is 0.355 e. The summed E-state index contributed by atoms with van der Waals surface area (Å²) in [4.78, 5) is 26.1. The number of carbonyl (C=O) groups is 2. The minimum atomic E-state index is -1.03. The quantitative estimate of drug-likeness (QED) is 0.709. The van der Waals surface area contributed by atoms with Crippen LogP contribution in [0.5, 0.6) is 0 Å². The molecule has 1 atom stereocenters. The number of carbonyl (C=O) groups excluding carboxylic acids is 1. The Balaban J connectivity index is 2.25. The molecule has 0 fully saturated rings. The third-order valence-corrected chi connectivity index (χ3v) is 3.93. The van der Waals surface area contributed by atoms with E-state index >= 15 is 0 Å². The monoisotopic (exact) mass is 303 g/mol. The van der Waals surface area contributed by atoms with Crippen molar-refractivity contribution in [2.75, 3.05) is 18.6 Å². The number of rotatable bonds is 7. The van der Waals surface area contributed by atoms with Crippen LogP contribution in [0.15, 0.2) is 5.38 Å². The summed E-state index contributed by atoms with van der Waals surface area (Å²) in [5.41, 5.74) is 0.0537. The van der Waals surface area contributed by atoms with Gasteiger partial charge in [-0.05, 0) is 13.2 Å². The lowest BCUT2D eigenvalue weighted by Crippen LogP contribution is -2.42. The van der Waals surface area contributed by atoms with Crippen LogP contribution in [0.1, 0.15) is 22.4 Å². The van der Waals surface area contributed by atoms with Gasteiger partial charge in [-0.2, -0.15) is 11.8 Å². The van der Waals surface area contributed by atoms with Crippen molar-refractivity contribution < 1.29 is 14.7 Å². The number of urea groups is 1. The number of nitrogens with one attached hydrogen (secondary N) is 2. The van der Waals surface area contributed by atoms with Gasteiger partial charge >= 0.3 is 12.0 Å². The molecule has 1 aromatic heterocycles. The highest BCUT2D eigenvalue weighted by atomic mass is 32.2. The maximum atomic E-state index is 11.5. The van der Waals surface area contributed by atoms with Gasteiger partial charge in [-0.1, -0.05) is 0 Å². The Labute approximate surface area is 120 Å². The fourth-order valence-electron chi connectivity index (χ4n) is 1.37. The Hall–Kier alpha value is -1.28. The van der Waals surface area contributed by atoms with E-state index < -0.39 is 5.97 Å². The minimum absolute atomic E-state index is 0.0537. The van der Waals surface area contributed by atoms with Crippen LogP contribution in [-0.2, 0) is 6.42 Å². The number of carboxylic acid groups (broad SMARTS) is 1. The first-order valence-corrected chi connectivity index (χ1v) is 8.01. The number of thioether (sulfide) groups is 1. The average molecular weight is 303 g/mol. The number of hydrogen-bond acceptors (Lipinski definition) is 5. The van der Waals surface area contributed by atoms with Crippen molar-refractivity contribution in [3.05, 3.63) is 16.1 Å². The molecule has 2 amide bonds. The summed E-state index contributed by atoms with van der Waals surface area (Å²) in [5.74, 6) is -0.166. The zero-order chi connectivity index (χ0) is 14.3. The summed E-state index contributed by atoms with van der Waals surface area (Å²) in [7, 11) is 0. The van der Waals surface area contributed by atoms with Crippen molar-refractivity contribution in [1.82, 2.24) is 15.6 Å². The molecule has 0 aliphatic carbocycles. The molecule has 0 saturated carbocycles. The number of aromatic carboxylic acids is 1. The molecule has 6 nitrogen and oxygen atoms in total. The average Bonchev–Trinajstić information content (AvgIpc) is 2.78. The van der Waals surface area contributed by atoms with Crippen molar-refractivity contribution in [3.8, 4) is 0 Å². The van der Waals surface area contributed by atoms with Crippen LogP contribution in [0.25, 0.3) is 0 Å². The van der Waals surface area contributed by atoms with E-state index in [1.54, 1.807) is 11.8 Å². The Morgan fingerprint density at radius 1 is 1.58 bits per heavy atom. The van der Waals surface area contributed by atoms with Gasteiger partial charge in [0, 0.05) is 30.1 Å². The van der Waals surface area contributed by atoms with E-state index in [1.165, 1.54) is 16.7 Å². The molecule has 1 unspecified atom stereocenters. The highest BCUT2D eigenvalue weighted by Crippen LogP contribution is 2.09. The van der Waals surface area contributed by atoms with Crippen LogP contribution in [0.3, 0.4) is 0 Å². The third kappa shape index (κ3) is 5.93. The largest absolute Gasteiger partial charge is 0.476 e.